The van der Waals surface area contributed by atoms with Crippen LogP contribution in [0.2, 0.25) is 0 Å². The van der Waals surface area contributed by atoms with Gasteiger partial charge in [0.15, 0.2) is 0 Å². The second-order valence-electron chi connectivity index (χ2n) is 5.96. The molecule has 7 N–H and O–H groups in total. The fraction of sp³-hybridized carbons (Fsp3) is 0.333. The fourth-order valence-electron chi connectivity index (χ4n) is 2.73. The number of nitrogen functional groups attached to an aromatic ring is 2. The summed E-state index contributed by atoms with van der Waals surface area (Å²) in [5, 5.41) is 22.3. The number of rotatable bonds is 6. The van der Waals surface area contributed by atoms with Gasteiger partial charge in [-0.1, -0.05) is 19.1 Å². The van der Waals surface area contributed by atoms with Gasteiger partial charge in [-0.3, -0.25) is 0 Å². The summed E-state index contributed by atoms with van der Waals surface area (Å²) in [7, 11) is 1.91. The van der Waals surface area contributed by atoms with E-state index < -0.39 is 0 Å². The van der Waals surface area contributed by atoms with Crippen LogP contribution >= 0.6 is 0 Å². The van der Waals surface area contributed by atoms with Crippen LogP contribution in [0.3, 0.4) is 0 Å². The van der Waals surface area contributed by atoms with E-state index in [1.165, 1.54) is 0 Å². The Hall–Kier alpha value is -2.40. The molecule has 0 heterocycles. The smallest absolute Gasteiger partial charge is 0.138 e. The summed E-state index contributed by atoms with van der Waals surface area (Å²) in [4.78, 5) is 0. The van der Waals surface area contributed by atoms with Crippen molar-refractivity contribution in [2.75, 3.05) is 18.5 Å². The molecule has 2 atom stereocenters. The average molecular weight is 315 g/mol. The van der Waals surface area contributed by atoms with Crippen LogP contribution in [0.1, 0.15) is 42.9 Å². The Kier molecular flexibility index (Phi) is 5.34. The van der Waals surface area contributed by atoms with E-state index in [1.807, 2.05) is 25.2 Å². The Morgan fingerprint density at radius 1 is 0.913 bits per heavy atom. The normalized spacial score (nSPS) is 13.7. The van der Waals surface area contributed by atoms with Crippen molar-refractivity contribution in [1.29, 1.82) is 0 Å². The molecule has 0 bridgehead atoms. The number of phenolic OH excluding ortho intramolecular Hbond substituents is 2. The predicted octanol–water partition coefficient (Wildman–Crippen LogP) is 3.11. The topological polar surface area (TPSA) is 105 Å². The average Bonchev–Trinajstić information content (AvgIpc) is 2.53. The molecular formula is C18H25N3O2. The fourth-order valence-corrected chi connectivity index (χ4v) is 2.73. The zero-order valence-electron chi connectivity index (χ0n) is 13.6. The number of aromatic hydroxyl groups is 2. The summed E-state index contributed by atoms with van der Waals surface area (Å²) in [6.07, 6.45) is 1.87. The first-order valence-corrected chi connectivity index (χ1v) is 7.76. The summed E-state index contributed by atoms with van der Waals surface area (Å²) in [6.45, 7) is 2.14. The maximum absolute atomic E-state index is 9.54. The molecule has 0 aliphatic carbocycles. The first-order chi connectivity index (χ1) is 10.9. The molecule has 23 heavy (non-hydrogen) atoms. The zero-order chi connectivity index (χ0) is 17.0. The van der Waals surface area contributed by atoms with Gasteiger partial charge in [-0.15, -0.1) is 0 Å². The van der Waals surface area contributed by atoms with Crippen LogP contribution in [-0.2, 0) is 0 Å². The van der Waals surface area contributed by atoms with Gasteiger partial charge in [0.1, 0.15) is 11.5 Å². The van der Waals surface area contributed by atoms with Gasteiger partial charge in [-0.25, -0.2) is 0 Å². The van der Waals surface area contributed by atoms with Gasteiger partial charge in [0.2, 0.25) is 0 Å². The van der Waals surface area contributed by atoms with Gasteiger partial charge in [0, 0.05) is 6.04 Å². The Labute approximate surface area is 136 Å². The van der Waals surface area contributed by atoms with Crippen molar-refractivity contribution in [3.8, 4) is 11.5 Å². The lowest BCUT2D eigenvalue weighted by atomic mass is 9.91. The minimum Gasteiger partial charge on any atom is -0.506 e. The lowest BCUT2D eigenvalue weighted by Crippen LogP contribution is -2.17. The second kappa shape index (κ2) is 7.24. The summed E-state index contributed by atoms with van der Waals surface area (Å²) in [5.41, 5.74) is 14.5. The van der Waals surface area contributed by atoms with Crippen LogP contribution in [0.25, 0.3) is 0 Å². The molecular weight excluding hydrogens is 290 g/mol. The Morgan fingerprint density at radius 3 is 1.96 bits per heavy atom. The summed E-state index contributed by atoms with van der Waals surface area (Å²) in [5.74, 6) is 0.549. The number of hydrogen-bond acceptors (Lipinski definition) is 5. The SMILES string of the molecule is CNC(CCC(C)c1ccc(O)c(N)c1)c1ccc(O)c(N)c1. The molecule has 0 spiro atoms. The molecule has 5 nitrogen and oxygen atoms in total. The quantitative estimate of drug-likeness (QED) is 0.416. The van der Waals surface area contributed by atoms with Crippen LogP contribution in [-0.4, -0.2) is 17.3 Å². The molecule has 0 saturated heterocycles. The van der Waals surface area contributed by atoms with E-state index in [9.17, 15) is 10.2 Å². The highest BCUT2D eigenvalue weighted by Crippen LogP contribution is 2.31. The summed E-state index contributed by atoms with van der Waals surface area (Å²) >= 11 is 0. The molecule has 0 radical (unpaired) electrons. The molecule has 0 fully saturated rings. The van der Waals surface area contributed by atoms with Crippen molar-refractivity contribution < 1.29 is 10.2 Å². The first kappa shape index (κ1) is 17.0. The Balaban J connectivity index is 2.04. The van der Waals surface area contributed by atoms with Crippen molar-refractivity contribution in [3.63, 3.8) is 0 Å². The highest BCUT2D eigenvalue weighted by atomic mass is 16.3. The maximum Gasteiger partial charge on any atom is 0.138 e. The summed E-state index contributed by atoms with van der Waals surface area (Å²) < 4.78 is 0. The monoisotopic (exact) mass is 315 g/mol. The van der Waals surface area contributed by atoms with Crippen molar-refractivity contribution >= 4 is 11.4 Å². The predicted molar refractivity (Wildman–Crippen MR) is 94.5 cm³/mol. The number of phenols is 2. The van der Waals surface area contributed by atoms with Gasteiger partial charge in [-0.2, -0.15) is 0 Å². The third kappa shape index (κ3) is 4.07. The number of hydrogen-bond donors (Lipinski definition) is 5. The number of anilines is 2. The van der Waals surface area contributed by atoms with Gasteiger partial charge < -0.3 is 27.0 Å². The zero-order valence-corrected chi connectivity index (χ0v) is 13.6. The van der Waals surface area contributed by atoms with Crippen molar-refractivity contribution in [1.82, 2.24) is 5.32 Å². The highest BCUT2D eigenvalue weighted by Gasteiger charge is 2.14. The molecule has 0 aliphatic rings. The third-order valence-electron chi connectivity index (χ3n) is 4.31. The van der Waals surface area contributed by atoms with E-state index in [1.54, 1.807) is 18.2 Å². The third-order valence-corrected chi connectivity index (χ3v) is 4.31. The van der Waals surface area contributed by atoms with Crippen LogP contribution < -0.4 is 16.8 Å². The largest absolute Gasteiger partial charge is 0.506 e. The van der Waals surface area contributed by atoms with Crippen molar-refractivity contribution in [2.24, 2.45) is 0 Å². The first-order valence-electron chi connectivity index (χ1n) is 7.76. The molecule has 0 amide bonds. The van der Waals surface area contributed by atoms with E-state index in [2.05, 4.69) is 12.2 Å². The van der Waals surface area contributed by atoms with E-state index >= 15 is 0 Å². The minimum atomic E-state index is 0.108. The molecule has 2 aromatic rings. The molecule has 124 valence electrons. The molecule has 2 unspecified atom stereocenters. The molecule has 2 aromatic carbocycles. The lowest BCUT2D eigenvalue weighted by Gasteiger charge is -2.20. The van der Waals surface area contributed by atoms with Gasteiger partial charge in [0.25, 0.3) is 0 Å². The molecule has 0 aromatic heterocycles. The molecule has 5 heteroatoms. The van der Waals surface area contributed by atoms with Crippen LogP contribution in [0.4, 0.5) is 11.4 Å². The highest BCUT2D eigenvalue weighted by molar-refractivity contribution is 5.54. The molecule has 0 aliphatic heterocycles. The van der Waals surface area contributed by atoms with Crippen molar-refractivity contribution in [3.05, 3.63) is 47.5 Å². The van der Waals surface area contributed by atoms with Crippen LogP contribution in [0.5, 0.6) is 11.5 Å². The maximum atomic E-state index is 9.54. The Morgan fingerprint density at radius 2 is 1.43 bits per heavy atom. The van der Waals surface area contributed by atoms with Gasteiger partial charge in [0.05, 0.1) is 11.4 Å². The number of nitrogens with two attached hydrogens (primary N) is 2. The van der Waals surface area contributed by atoms with E-state index in [-0.39, 0.29) is 17.5 Å². The molecule has 0 saturated carbocycles. The number of benzene rings is 2. The van der Waals surface area contributed by atoms with Crippen LogP contribution in [0.15, 0.2) is 36.4 Å². The van der Waals surface area contributed by atoms with Gasteiger partial charge in [-0.05, 0) is 61.2 Å². The lowest BCUT2D eigenvalue weighted by molar-refractivity contribution is 0.473. The second-order valence-corrected chi connectivity index (χ2v) is 5.96. The standard InChI is InChI=1S/C18H25N3O2/c1-11(12-4-7-17(22)14(19)9-12)3-6-16(21-2)13-5-8-18(23)15(20)10-13/h4-5,7-11,16,21-23H,3,6,19-20H2,1-2H3. The number of nitrogens with one attached hydrogen (secondary N) is 1. The summed E-state index contributed by atoms with van der Waals surface area (Å²) in [6, 6.07) is 10.8. The van der Waals surface area contributed by atoms with E-state index in [0.717, 1.165) is 24.0 Å². The van der Waals surface area contributed by atoms with Crippen LogP contribution in [0, 0.1) is 0 Å². The minimum absolute atomic E-state index is 0.108. The Bertz CT molecular complexity index is 673. The van der Waals surface area contributed by atoms with Crippen molar-refractivity contribution in [2.45, 2.75) is 31.7 Å². The molecule has 2 rings (SSSR count). The van der Waals surface area contributed by atoms with Gasteiger partial charge >= 0.3 is 0 Å². The van der Waals surface area contributed by atoms with E-state index in [0.29, 0.717) is 17.3 Å². The van der Waals surface area contributed by atoms with E-state index in [4.69, 9.17) is 11.5 Å².